The Morgan fingerprint density at radius 2 is 1.70 bits per heavy atom. The largest absolute Gasteiger partial charge is 0.466 e. The number of rotatable bonds is 5. The predicted molar refractivity (Wildman–Crippen MR) is 94.8 cm³/mol. The van der Waals surface area contributed by atoms with Crippen molar-refractivity contribution in [1.82, 2.24) is 0 Å². The standard InChI is InChI=1S/C20H17BrO2/c1-14-7-12-20(23-14)18(15-8-10-17(21)11-9-15)13-19(22)16-5-3-2-4-6-16/h2-12,18H,13H2,1H3. The van der Waals surface area contributed by atoms with Gasteiger partial charge in [-0.3, -0.25) is 4.79 Å². The number of hydrogen-bond donors (Lipinski definition) is 0. The highest BCUT2D eigenvalue weighted by Crippen LogP contribution is 2.31. The van der Waals surface area contributed by atoms with Gasteiger partial charge in [-0.2, -0.15) is 0 Å². The SMILES string of the molecule is Cc1ccc(C(CC(=O)c2ccccc2)c2ccc(Br)cc2)o1. The predicted octanol–water partition coefficient (Wildman–Crippen LogP) is 5.76. The van der Waals surface area contributed by atoms with Crippen molar-refractivity contribution in [2.75, 3.05) is 0 Å². The smallest absolute Gasteiger partial charge is 0.163 e. The van der Waals surface area contributed by atoms with Crippen molar-refractivity contribution >= 4 is 21.7 Å². The Labute approximate surface area is 144 Å². The lowest BCUT2D eigenvalue weighted by Gasteiger charge is -2.15. The molecule has 0 bridgehead atoms. The molecule has 0 N–H and O–H groups in total. The van der Waals surface area contributed by atoms with E-state index in [9.17, 15) is 4.79 Å². The number of carbonyl (C=O) groups excluding carboxylic acids is 1. The molecular formula is C20H17BrO2. The van der Waals surface area contributed by atoms with Crippen LogP contribution in [0.1, 0.15) is 39.8 Å². The molecule has 3 aromatic rings. The van der Waals surface area contributed by atoms with E-state index in [0.717, 1.165) is 27.1 Å². The summed E-state index contributed by atoms with van der Waals surface area (Å²) in [6.07, 6.45) is 0.387. The van der Waals surface area contributed by atoms with E-state index in [2.05, 4.69) is 15.9 Å². The highest BCUT2D eigenvalue weighted by atomic mass is 79.9. The number of carbonyl (C=O) groups is 1. The summed E-state index contributed by atoms with van der Waals surface area (Å²) in [5, 5.41) is 0. The van der Waals surface area contributed by atoms with Crippen LogP contribution in [0.5, 0.6) is 0 Å². The zero-order valence-electron chi connectivity index (χ0n) is 12.8. The fraction of sp³-hybridized carbons (Fsp3) is 0.150. The number of benzene rings is 2. The van der Waals surface area contributed by atoms with E-state index in [1.165, 1.54) is 0 Å². The summed E-state index contributed by atoms with van der Waals surface area (Å²) in [5.41, 5.74) is 1.81. The molecule has 2 aromatic carbocycles. The number of halogens is 1. The van der Waals surface area contributed by atoms with Gasteiger partial charge in [-0.25, -0.2) is 0 Å². The minimum atomic E-state index is -0.0792. The number of aryl methyl sites for hydroxylation is 1. The van der Waals surface area contributed by atoms with Gasteiger partial charge < -0.3 is 4.42 Å². The Morgan fingerprint density at radius 1 is 1.00 bits per heavy atom. The zero-order chi connectivity index (χ0) is 16.2. The third-order valence-electron chi connectivity index (χ3n) is 3.86. The lowest BCUT2D eigenvalue weighted by atomic mass is 9.89. The first-order valence-electron chi connectivity index (χ1n) is 7.53. The molecule has 0 aliphatic carbocycles. The fourth-order valence-electron chi connectivity index (χ4n) is 2.65. The summed E-state index contributed by atoms with van der Waals surface area (Å²) in [6, 6.07) is 21.3. The maximum Gasteiger partial charge on any atom is 0.163 e. The van der Waals surface area contributed by atoms with E-state index in [4.69, 9.17) is 4.42 Å². The van der Waals surface area contributed by atoms with Gasteiger partial charge in [-0.1, -0.05) is 58.4 Å². The fourth-order valence-corrected chi connectivity index (χ4v) is 2.91. The first kappa shape index (κ1) is 15.8. The molecule has 0 saturated heterocycles. The van der Waals surface area contributed by atoms with E-state index in [1.807, 2.05) is 73.7 Å². The Hall–Kier alpha value is -2.13. The summed E-state index contributed by atoms with van der Waals surface area (Å²) in [4.78, 5) is 12.6. The maximum atomic E-state index is 12.6. The van der Waals surface area contributed by atoms with E-state index >= 15 is 0 Å². The van der Waals surface area contributed by atoms with Gasteiger partial charge in [-0.15, -0.1) is 0 Å². The number of hydrogen-bond acceptors (Lipinski definition) is 2. The van der Waals surface area contributed by atoms with Gasteiger partial charge >= 0.3 is 0 Å². The monoisotopic (exact) mass is 368 g/mol. The van der Waals surface area contributed by atoms with Crippen molar-refractivity contribution in [3.8, 4) is 0 Å². The van der Waals surface area contributed by atoms with Crippen molar-refractivity contribution in [2.24, 2.45) is 0 Å². The third kappa shape index (κ3) is 3.80. The Bertz CT molecular complexity index is 788. The van der Waals surface area contributed by atoms with Gasteiger partial charge in [-0.05, 0) is 36.8 Å². The average Bonchev–Trinajstić information content (AvgIpc) is 3.00. The van der Waals surface area contributed by atoms with Gasteiger partial charge in [0.1, 0.15) is 11.5 Å². The number of furan rings is 1. The molecule has 116 valence electrons. The van der Waals surface area contributed by atoms with E-state index in [1.54, 1.807) is 0 Å². The Kier molecular flexibility index (Phi) is 4.77. The third-order valence-corrected chi connectivity index (χ3v) is 4.39. The topological polar surface area (TPSA) is 30.2 Å². The van der Waals surface area contributed by atoms with E-state index < -0.39 is 0 Å². The quantitative estimate of drug-likeness (QED) is 0.536. The van der Waals surface area contributed by atoms with Crippen LogP contribution in [0, 0.1) is 6.92 Å². The number of ketones is 1. The summed E-state index contributed by atoms with van der Waals surface area (Å²) in [7, 11) is 0. The summed E-state index contributed by atoms with van der Waals surface area (Å²) in [5.74, 6) is 1.72. The minimum Gasteiger partial charge on any atom is -0.466 e. The lowest BCUT2D eigenvalue weighted by Crippen LogP contribution is -2.08. The first-order valence-corrected chi connectivity index (χ1v) is 8.33. The van der Waals surface area contributed by atoms with Crippen LogP contribution in [0.15, 0.2) is 75.6 Å². The summed E-state index contributed by atoms with van der Waals surface area (Å²) >= 11 is 3.45. The maximum absolute atomic E-state index is 12.6. The molecular weight excluding hydrogens is 352 g/mol. The summed E-state index contributed by atoms with van der Waals surface area (Å²) in [6.45, 7) is 1.92. The molecule has 1 unspecified atom stereocenters. The Morgan fingerprint density at radius 3 is 2.30 bits per heavy atom. The van der Waals surface area contributed by atoms with Crippen LogP contribution in [0.25, 0.3) is 0 Å². The molecule has 0 fully saturated rings. The second kappa shape index (κ2) is 6.97. The highest BCUT2D eigenvalue weighted by molar-refractivity contribution is 9.10. The molecule has 0 spiro atoms. The normalized spacial score (nSPS) is 12.1. The lowest BCUT2D eigenvalue weighted by molar-refractivity contribution is 0.0975. The van der Waals surface area contributed by atoms with Crippen molar-refractivity contribution in [3.63, 3.8) is 0 Å². The first-order chi connectivity index (χ1) is 11.1. The van der Waals surface area contributed by atoms with Gasteiger partial charge in [0.2, 0.25) is 0 Å². The molecule has 3 heteroatoms. The molecule has 0 radical (unpaired) electrons. The summed E-state index contributed by atoms with van der Waals surface area (Å²) < 4.78 is 6.82. The van der Waals surface area contributed by atoms with Gasteiger partial charge in [0.25, 0.3) is 0 Å². The molecule has 2 nitrogen and oxygen atoms in total. The van der Waals surface area contributed by atoms with Crippen LogP contribution in [0.2, 0.25) is 0 Å². The minimum absolute atomic E-state index is 0.0792. The van der Waals surface area contributed by atoms with Crippen molar-refractivity contribution < 1.29 is 9.21 Å². The highest BCUT2D eigenvalue weighted by Gasteiger charge is 2.22. The average molecular weight is 369 g/mol. The molecule has 23 heavy (non-hydrogen) atoms. The van der Waals surface area contributed by atoms with E-state index in [0.29, 0.717) is 6.42 Å². The molecule has 1 heterocycles. The van der Waals surface area contributed by atoms with Crippen molar-refractivity contribution in [3.05, 3.63) is 93.9 Å². The second-order valence-electron chi connectivity index (χ2n) is 5.55. The van der Waals surface area contributed by atoms with E-state index in [-0.39, 0.29) is 11.7 Å². The molecule has 1 atom stereocenters. The molecule has 0 aliphatic rings. The van der Waals surface area contributed by atoms with Crippen LogP contribution >= 0.6 is 15.9 Å². The number of Topliss-reactive ketones (excluding diaryl/α,β-unsaturated/α-hetero) is 1. The van der Waals surface area contributed by atoms with Crippen LogP contribution < -0.4 is 0 Å². The van der Waals surface area contributed by atoms with Crippen LogP contribution in [-0.2, 0) is 0 Å². The molecule has 3 rings (SSSR count). The van der Waals surface area contributed by atoms with Gasteiger partial charge in [0, 0.05) is 22.4 Å². The molecule has 1 aromatic heterocycles. The van der Waals surface area contributed by atoms with Crippen molar-refractivity contribution in [1.29, 1.82) is 0 Å². The zero-order valence-corrected chi connectivity index (χ0v) is 14.4. The van der Waals surface area contributed by atoms with Crippen LogP contribution in [-0.4, -0.2) is 5.78 Å². The van der Waals surface area contributed by atoms with Gasteiger partial charge in [0.15, 0.2) is 5.78 Å². The molecule has 0 saturated carbocycles. The van der Waals surface area contributed by atoms with Gasteiger partial charge in [0.05, 0.1) is 0 Å². The van der Waals surface area contributed by atoms with Crippen LogP contribution in [0.4, 0.5) is 0 Å². The second-order valence-corrected chi connectivity index (χ2v) is 6.46. The molecule has 0 aliphatic heterocycles. The van der Waals surface area contributed by atoms with Crippen LogP contribution in [0.3, 0.4) is 0 Å². The molecule has 0 amide bonds. The Balaban J connectivity index is 1.92. The van der Waals surface area contributed by atoms with Crippen molar-refractivity contribution in [2.45, 2.75) is 19.3 Å².